The Bertz CT molecular complexity index is 700. The molecule has 1 saturated heterocycles. The number of ether oxygens (including phenoxy) is 1. The lowest BCUT2D eigenvalue weighted by Crippen LogP contribution is -2.41. The first-order chi connectivity index (χ1) is 11.3. The first-order valence-electron chi connectivity index (χ1n) is 8.08. The van der Waals surface area contributed by atoms with Gasteiger partial charge in [0.1, 0.15) is 0 Å². The first kappa shape index (κ1) is 17.1. The summed E-state index contributed by atoms with van der Waals surface area (Å²) in [6.45, 7) is 8.71. The number of aromatic nitrogens is 2. The minimum atomic E-state index is -0.386. The minimum Gasteiger partial charge on any atom is -0.399 e. The Kier molecular flexibility index (Phi) is 4.47. The van der Waals surface area contributed by atoms with Crippen molar-refractivity contribution in [3.63, 3.8) is 0 Å². The molecule has 1 aromatic heterocycles. The maximum atomic E-state index is 6.11. The normalized spacial score (nSPS) is 18.8. The smallest absolute Gasteiger partial charge is 0.399 e. The van der Waals surface area contributed by atoms with Gasteiger partial charge in [-0.3, -0.25) is 0 Å². The van der Waals surface area contributed by atoms with Gasteiger partial charge in [-0.25, -0.2) is 9.97 Å². The van der Waals surface area contributed by atoms with Crippen molar-refractivity contribution >= 4 is 12.6 Å². The van der Waals surface area contributed by atoms with Gasteiger partial charge in [0.2, 0.25) is 0 Å². The molecule has 0 bridgehead atoms. The standard InChI is InChI=1S/C18H23BN2O3/c1-17(2)18(3,4)24-19(23-17)15-8-6-7-14(9-15)16-20-10-13(11-21-16)12-22-5/h6-11H,12H2,1-5H3. The summed E-state index contributed by atoms with van der Waals surface area (Å²) in [6, 6.07) is 7.99. The SMILES string of the molecule is COCc1cnc(-c2cccc(B3OC(C)(C)C(C)(C)O3)c2)nc1. The lowest BCUT2D eigenvalue weighted by molar-refractivity contribution is 0.00578. The summed E-state index contributed by atoms with van der Waals surface area (Å²) in [5.74, 6) is 0.674. The van der Waals surface area contributed by atoms with Crippen molar-refractivity contribution in [3.8, 4) is 11.4 Å². The topological polar surface area (TPSA) is 53.5 Å². The van der Waals surface area contributed by atoms with Gasteiger partial charge in [0.25, 0.3) is 0 Å². The van der Waals surface area contributed by atoms with Crippen LogP contribution < -0.4 is 5.46 Å². The van der Waals surface area contributed by atoms with Gasteiger partial charge in [-0.15, -0.1) is 0 Å². The summed E-state index contributed by atoms with van der Waals surface area (Å²) < 4.78 is 17.3. The third-order valence-corrected chi connectivity index (χ3v) is 4.69. The van der Waals surface area contributed by atoms with E-state index in [4.69, 9.17) is 14.0 Å². The molecular weight excluding hydrogens is 303 g/mol. The zero-order valence-corrected chi connectivity index (χ0v) is 14.9. The molecule has 0 aliphatic carbocycles. The number of nitrogens with zero attached hydrogens (tertiary/aromatic N) is 2. The van der Waals surface area contributed by atoms with Crippen LogP contribution in [-0.2, 0) is 20.7 Å². The van der Waals surface area contributed by atoms with Gasteiger partial charge in [-0.2, -0.15) is 0 Å². The van der Waals surface area contributed by atoms with E-state index in [1.54, 1.807) is 19.5 Å². The van der Waals surface area contributed by atoms with Crippen LogP contribution in [0, 0.1) is 0 Å². The van der Waals surface area contributed by atoms with E-state index in [9.17, 15) is 0 Å². The van der Waals surface area contributed by atoms with Crippen LogP contribution in [0.1, 0.15) is 33.3 Å². The van der Waals surface area contributed by atoms with Crippen molar-refractivity contribution in [2.45, 2.75) is 45.5 Å². The summed E-state index contributed by atoms with van der Waals surface area (Å²) in [6.07, 6.45) is 3.57. The highest BCUT2D eigenvalue weighted by molar-refractivity contribution is 6.62. The Morgan fingerprint density at radius 1 is 1.04 bits per heavy atom. The molecular formula is C18H23BN2O3. The quantitative estimate of drug-likeness (QED) is 0.809. The average Bonchev–Trinajstić information content (AvgIpc) is 2.77. The molecule has 0 radical (unpaired) electrons. The summed E-state index contributed by atoms with van der Waals surface area (Å²) in [7, 11) is 1.27. The second kappa shape index (κ2) is 6.28. The van der Waals surface area contributed by atoms with E-state index in [2.05, 4.69) is 37.7 Å². The van der Waals surface area contributed by atoms with Crippen LogP contribution in [0.3, 0.4) is 0 Å². The molecule has 2 aromatic rings. The third-order valence-electron chi connectivity index (χ3n) is 4.69. The second-order valence-corrected chi connectivity index (χ2v) is 7.06. The van der Waals surface area contributed by atoms with Crippen molar-refractivity contribution in [1.29, 1.82) is 0 Å². The van der Waals surface area contributed by atoms with E-state index in [-0.39, 0.29) is 18.3 Å². The Hall–Kier alpha value is -1.76. The molecule has 6 heteroatoms. The molecule has 3 rings (SSSR count). The Balaban J connectivity index is 1.85. The molecule has 0 spiro atoms. The van der Waals surface area contributed by atoms with Crippen LogP contribution in [0.5, 0.6) is 0 Å². The number of hydrogen-bond acceptors (Lipinski definition) is 5. The number of benzene rings is 1. The summed E-state index contributed by atoms with van der Waals surface area (Å²) in [5.41, 5.74) is 2.14. The molecule has 0 atom stereocenters. The van der Waals surface area contributed by atoms with Crippen LogP contribution in [0.15, 0.2) is 36.7 Å². The first-order valence-corrected chi connectivity index (χ1v) is 8.08. The van der Waals surface area contributed by atoms with E-state index in [0.717, 1.165) is 16.6 Å². The molecule has 2 heterocycles. The lowest BCUT2D eigenvalue weighted by Gasteiger charge is -2.32. The lowest BCUT2D eigenvalue weighted by atomic mass is 9.78. The molecule has 1 aliphatic heterocycles. The van der Waals surface area contributed by atoms with Gasteiger partial charge in [-0.1, -0.05) is 24.3 Å². The molecule has 5 nitrogen and oxygen atoms in total. The highest BCUT2D eigenvalue weighted by atomic mass is 16.7. The summed E-state index contributed by atoms with van der Waals surface area (Å²) in [4.78, 5) is 8.84. The van der Waals surface area contributed by atoms with Crippen LogP contribution in [0.4, 0.5) is 0 Å². The zero-order chi connectivity index (χ0) is 17.4. The molecule has 24 heavy (non-hydrogen) atoms. The van der Waals surface area contributed by atoms with E-state index in [0.29, 0.717) is 12.4 Å². The highest BCUT2D eigenvalue weighted by Gasteiger charge is 2.51. The van der Waals surface area contributed by atoms with Gasteiger partial charge in [-0.05, 0) is 33.2 Å². The van der Waals surface area contributed by atoms with Gasteiger partial charge in [0.15, 0.2) is 5.82 Å². The van der Waals surface area contributed by atoms with Crippen molar-refractivity contribution in [1.82, 2.24) is 9.97 Å². The van der Waals surface area contributed by atoms with E-state index in [1.807, 2.05) is 24.3 Å². The predicted octanol–water partition coefficient (Wildman–Crippen LogP) is 2.59. The Morgan fingerprint density at radius 2 is 1.67 bits per heavy atom. The Labute approximate surface area is 143 Å². The van der Waals surface area contributed by atoms with Crippen LogP contribution in [-0.4, -0.2) is 35.4 Å². The van der Waals surface area contributed by atoms with Crippen LogP contribution >= 0.6 is 0 Å². The molecule has 1 aromatic carbocycles. The molecule has 0 amide bonds. The van der Waals surface area contributed by atoms with E-state index >= 15 is 0 Å². The fourth-order valence-corrected chi connectivity index (χ4v) is 2.55. The van der Waals surface area contributed by atoms with Crippen molar-refractivity contribution in [3.05, 3.63) is 42.2 Å². The number of hydrogen-bond donors (Lipinski definition) is 0. The maximum absolute atomic E-state index is 6.11. The van der Waals surface area contributed by atoms with Crippen molar-refractivity contribution in [2.24, 2.45) is 0 Å². The summed E-state index contributed by atoms with van der Waals surface area (Å²) >= 11 is 0. The molecule has 0 unspecified atom stereocenters. The highest BCUT2D eigenvalue weighted by Crippen LogP contribution is 2.36. The molecule has 1 fully saturated rings. The predicted molar refractivity (Wildman–Crippen MR) is 93.9 cm³/mol. The van der Waals surface area contributed by atoms with Gasteiger partial charge in [0.05, 0.1) is 17.8 Å². The second-order valence-electron chi connectivity index (χ2n) is 7.06. The van der Waals surface area contributed by atoms with Crippen molar-refractivity contribution < 1.29 is 14.0 Å². The third kappa shape index (κ3) is 3.22. The van der Waals surface area contributed by atoms with Gasteiger partial charge in [0, 0.05) is 30.6 Å². The maximum Gasteiger partial charge on any atom is 0.494 e. The number of rotatable bonds is 4. The van der Waals surface area contributed by atoms with Crippen LogP contribution in [0.25, 0.3) is 11.4 Å². The average molecular weight is 326 g/mol. The zero-order valence-electron chi connectivity index (χ0n) is 14.9. The van der Waals surface area contributed by atoms with Crippen molar-refractivity contribution in [2.75, 3.05) is 7.11 Å². The van der Waals surface area contributed by atoms with Gasteiger partial charge >= 0.3 is 7.12 Å². The monoisotopic (exact) mass is 326 g/mol. The van der Waals surface area contributed by atoms with E-state index < -0.39 is 0 Å². The largest absolute Gasteiger partial charge is 0.494 e. The van der Waals surface area contributed by atoms with E-state index in [1.165, 1.54) is 0 Å². The molecule has 0 saturated carbocycles. The number of methoxy groups -OCH3 is 1. The molecule has 0 N–H and O–H groups in total. The summed E-state index contributed by atoms with van der Waals surface area (Å²) in [5, 5.41) is 0. The fourth-order valence-electron chi connectivity index (χ4n) is 2.55. The molecule has 1 aliphatic rings. The fraction of sp³-hybridized carbons (Fsp3) is 0.444. The molecule has 126 valence electrons. The Morgan fingerprint density at radius 3 is 2.25 bits per heavy atom. The van der Waals surface area contributed by atoms with Gasteiger partial charge < -0.3 is 14.0 Å². The minimum absolute atomic E-state index is 0.355. The van der Waals surface area contributed by atoms with Crippen LogP contribution in [0.2, 0.25) is 0 Å².